The van der Waals surface area contributed by atoms with Crippen molar-refractivity contribution in [1.82, 2.24) is 15.1 Å². The second-order valence-electron chi connectivity index (χ2n) is 6.11. The lowest BCUT2D eigenvalue weighted by Gasteiger charge is -2.37. The number of nitrogens with one attached hydrogen (secondary N) is 1. The highest BCUT2D eigenvalue weighted by Gasteiger charge is 2.32. The Labute approximate surface area is 124 Å². The molecule has 3 nitrogen and oxygen atoms in total. The molecule has 1 saturated carbocycles. The lowest BCUT2D eigenvalue weighted by atomic mass is 9.73. The SMILES string of the molecule is CCc1cc(C(NC)C2CCCCC2CC)n(CC)n1. The molecule has 0 amide bonds. The molecule has 3 heteroatoms. The van der Waals surface area contributed by atoms with Gasteiger partial charge in [0.1, 0.15) is 0 Å². The zero-order valence-electron chi connectivity index (χ0n) is 13.7. The summed E-state index contributed by atoms with van der Waals surface area (Å²) in [5, 5.41) is 8.34. The number of rotatable bonds is 6. The molecule has 0 saturated heterocycles. The van der Waals surface area contributed by atoms with Crippen LogP contribution >= 0.6 is 0 Å². The zero-order chi connectivity index (χ0) is 14.5. The van der Waals surface area contributed by atoms with Crippen LogP contribution in [0.1, 0.15) is 70.3 Å². The summed E-state index contributed by atoms with van der Waals surface area (Å²) >= 11 is 0. The fourth-order valence-corrected chi connectivity index (χ4v) is 3.93. The average Bonchev–Trinajstić information content (AvgIpc) is 2.92. The van der Waals surface area contributed by atoms with Crippen molar-refractivity contribution in [2.45, 2.75) is 71.9 Å². The molecule has 0 bridgehead atoms. The first-order chi connectivity index (χ1) is 9.74. The van der Waals surface area contributed by atoms with Gasteiger partial charge in [-0.1, -0.05) is 39.5 Å². The van der Waals surface area contributed by atoms with Crippen LogP contribution < -0.4 is 5.32 Å². The van der Waals surface area contributed by atoms with Crippen LogP contribution in [0.25, 0.3) is 0 Å². The van der Waals surface area contributed by atoms with Crippen molar-refractivity contribution in [2.24, 2.45) is 11.8 Å². The van der Waals surface area contributed by atoms with E-state index in [0.717, 1.165) is 24.8 Å². The molecular formula is C17H31N3. The Balaban J connectivity index is 2.28. The van der Waals surface area contributed by atoms with Crippen LogP contribution in [0.2, 0.25) is 0 Å². The summed E-state index contributed by atoms with van der Waals surface area (Å²) < 4.78 is 2.21. The van der Waals surface area contributed by atoms with Gasteiger partial charge in [-0.25, -0.2) is 0 Å². The monoisotopic (exact) mass is 277 g/mol. The second kappa shape index (κ2) is 7.26. The first-order valence-corrected chi connectivity index (χ1v) is 8.48. The van der Waals surface area contributed by atoms with Crippen LogP contribution in [-0.2, 0) is 13.0 Å². The maximum absolute atomic E-state index is 4.74. The predicted molar refractivity (Wildman–Crippen MR) is 84.8 cm³/mol. The van der Waals surface area contributed by atoms with Crippen molar-refractivity contribution in [2.75, 3.05) is 7.05 Å². The zero-order valence-corrected chi connectivity index (χ0v) is 13.7. The first kappa shape index (κ1) is 15.6. The quantitative estimate of drug-likeness (QED) is 0.853. The van der Waals surface area contributed by atoms with E-state index in [9.17, 15) is 0 Å². The van der Waals surface area contributed by atoms with Crippen LogP contribution in [0.4, 0.5) is 0 Å². The van der Waals surface area contributed by atoms with Gasteiger partial charge in [-0.2, -0.15) is 5.10 Å². The Hall–Kier alpha value is -0.830. The Morgan fingerprint density at radius 1 is 1.30 bits per heavy atom. The van der Waals surface area contributed by atoms with Crippen LogP contribution in [0.3, 0.4) is 0 Å². The van der Waals surface area contributed by atoms with Crippen LogP contribution in [0.15, 0.2) is 6.07 Å². The molecular weight excluding hydrogens is 246 g/mol. The fraction of sp³-hybridized carbons (Fsp3) is 0.824. The number of hydrogen-bond donors (Lipinski definition) is 1. The minimum absolute atomic E-state index is 0.466. The molecule has 0 aromatic carbocycles. The lowest BCUT2D eigenvalue weighted by molar-refractivity contribution is 0.175. The van der Waals surface area contributed by atoms with Gasteiger partial charge in [-0.05, 0) is 44.7 Å². The van der Waals surface area contributed by atoms with Gasteiger partial charge in [-0.15, -0.1) is 0 Å². The van der Waals surface area contributed by atoms with E-state index < -0.39 is 0 Å². The minimum atomic E-state index is 0.466. The van der Waals surface area contributed by atoms with Gasteiger partial charge in [0.15, 0.2) is 0 Å². The van der Waals surface area contributed by atoms with E-state index in [1.54, 1.807) is 0 Å². The molecule has 1 aromatic heterocycles. The van der Waals surface area contributed by atoms with E-state index in [2.05, 4.69) is 43.9 Å². The minimum Gasteiger partial charge on any atom is -0.311 e. The molecule has 20 heavy (non-hydrogen) atoms. The third-order valence-corrected chi connectivity index (χ3v) is 5.07. The van der Waals surface area contributed by atoms with Crippen molar-refractivity contribution in [3.63, 3.8) is 0 Å². The Bertz CT molecular complexity index is 410. The van der Waals surface area contributed by atoms with E-state index in [1.165, 1.54) is 43.5 Å². The number of hydrogen-bond acceptors (Lipinski definition) is 2. The number of aryl methyl sites for hydroxylation is 2. The van der Waals surface area contributed by atoms with E-state index in [-0.39, 0.29) is 0 Å². The predicted octanol–water partition coefficient (Wildman–Crippen LogP) is 3.94. The van der Waals surface area contributed by atoms with Gasteiger partial charge in [0, 0.05) is 6.54 Å². The molecule has 0 radical (unpaired) electrons. The molecule has 1 aliphatic carbocycles. The molecule has 3 atom stereocenters. The van der Waals surface area contributed by atoms with E-state index in [1.807, 2.05) is 0 Å². The third kappa shape index (κ3) is 3.08. The number of nitrogens with zero attached hydrogens (tertiary/aromatic N) is 2. The lowest BCUT2D eigenvalue weighted by Crippen LogP contribution is -2.34. The van der Waals surface area contributed by atoms with Gasteiger partial charge < -0.3 is 5.32 Å². The average molecular weight is 277 g/mol. The molecule has 0 spiro atoms. The van der Waals surface area contributed by atoms with Gasteiger partial charge >= 0.3 is 0 Å². The van der Waals surface area contributed by atoms with Gasteiger partial charge in [0.25, 0.3) is 0 Å². The van der Waals surface area contributed by atoms with Gasteiger partial charge in [0.05, 0.1) is 17.4 Å². The molecule has 1 aliphatic rings. The molecule has 0 aliphatic heterocycles. The summed E-state index contributed by atoms with van der Waals surface area (Å²) in [5.41, 5.74) is 2.63. The van der Waals surface area contributed by atoms with E-state index in [0.29, 0.717) is 6.04 Å². The van der Waals surface area contributed by atoms with Crippen molar-refractivity contribution < 1.29 is 0 Å². The van der Waals surface area contributed by atoms with Crippen molar-refractivity contribution in [1.29, 1.82) is 0 Å². The van der Waals surface area contributed by atoms with Crippen molar-refractivity contribution in [3.05, 3.63) is 17.5 Å². The highest BCUT2D eigenvalue weighted by atomic mass is 15.3. The van der Waals surface area contributed by atoms with Crippen LogP contribution in [0, 0.1) is 11.8 Å². The van der Waals surface area contributed by atoms with E-state index in [4.69, 9.17) is 5.10 Å². The summed E-state index contributed by atoms with van der Waals surface area (Å²) in [6.07, 6.45) is 7.90. The maximum Gasteiger partial charge on any atom is 0.0625 e. The molecule has 3 unspecified atom stereocenters. The van der Waals surface area contributed by atoms with Crippen LogP contribution in [0.5, 0.6) is 0 Å². The Morgan fingerprint density at radius 2 is 2.05 bits per heavy atom. The summed E-state index contributed by atoms with van der Waals surface area (Å²) in [7, 11) is 2.12. The molecule has 1 N–H and O–H groups in total. The van der Waals surface area contributed by atoms with Crippen molar-refractivity contribution in [3.8, 4) is 0 Å². The third-order valence-electron chi connectivity index (χ3n) is 5.07. The number of aromatic nitrogens is 2. The topological polar surface area (TPSA) is 29.9 Å². The normalized spacial score (nSPS) is 24.8. The summed E-state index contributed by atoms with van der Waals surface area (Å²) in [4.78, 5) is 0. The van der Waals surface area contributed by atoms with Crippen LogP contribution in [-0.4, -0.2) is 16.8 Å². The summed E-state index contributed by atoms with van der Waals surface area (Å²) in [5.74, 6) is 1.64. The highest BCUT2D eigenvalue weighted by molar-refractivity contribution is 5.16. The summed E-state index contributed by atoms with van der Waals surface area (Å²) in [6, 6.07) is 2.79. The molecule has 114 valence electrons. The fourth-order valence-electron chi connectivity index (χ4n) is 3.93. The first-order valence-electron chi connectivity index (χ1n) is 8.48. The molecule has 1 aromatic rings. The Kier molecular flexibility index (Phi) is 5.64. The van der Waals surface area contributed by atoms with Crippen molar-refractivity contribution >= 4 is 0 Å². The largest absolute Gasteiger partial charge is 0.311 e. The highest BCUT2D eigenvalue weighted by Crippen LogP contribution is 2.40. The maximum atomic E-state index is 4.74. The molecule has 2 rings (SSSR count). The smallest absolute Gasteiger partial charge is 0.0625 e. The molecule has 1 heterocycles. The standard InChI is InChI=1S/C17H31N3/c1-5-13-10-8-9-11-15(13)17(18-4)16-12-14(6-2)19-20(16)7-3/h12-13,15,17-18H,5-11H2,1-4H3. The Morgan fingerprint density at radius 3 is 2.65 bits per heavy atom. The van der Waals surface area contributed by atoms with Gasteiger partial charge in [-0.3, -0.25) is 4.68 Å². The van der Waals surface area contributed by atoms with Gasteiger partial charge in [0.2, 0.25) is 0 Å². The molecule has 1 fully saturated rings. The second-order valence-corrected chi connectivity index (χ2v) is 6.11. The summed E-state index contributed by atoms with van der Waals surface area (Å²) in [6.45, 7) is 7.71. The van der Waals surface area contributed by atoms with E-state index >= 15 is 0 Å².